The summed E-state index contributed by atoms with van der Waals surface area (Å²) in [7, 11) is 1.32. The van der Waals surface area contributed by atoms with Crippen LogP contribution in [0.4, 0.5) is 5.13 Å². The van der Waals surface area contributed by atoms with Crippen LogP contribution in [0, 0.1) is 0 Å². The summed E-state index contributed by atoms with van der Waals surface area (Å²) in [5, 5.41) is 8.95. The third-order valence-corrected chi connectivity index (χ3v) is 5.66. The standard InChI is InChI=1S/C15H17N3O4S2/c1-3-11(19)18(10-4-5-10)14-16-17-15(24-14)23-8-9-6-7-22-12(9)13(20)21-2/h6-7,10H,3-5,8H2,1-2H3. The maximum absolute atomic E-state index is 12.1. The van der Waals surface area contributed by atoms with Crippen molar-refractivity contribution in [3.05, 3.63) is 23.7 Å². The second kappa shape index (κ2) is 7.35. The van der Waals surface area contributed by atoms with E-state index in [-0.39, 0.29) is 17.7 Å². The van der Waals surface area contributed by atoms with Crippen LogP contribution in [0.1, 0.15) is 42.3 Å². The molecular formula is C15H17N3O4S2. The van der Waals surface area contributed by atoms with Gasteiger partial charge in [-0.15, -0.1) is 10.2 Å². The first-order chi connectivity index (χ1) is 11.6. The molecule has 24 heavy (non-hydrogen) atoms. The molecular weight excluding hydrogens is 350 g/mol. The molecule has 9 heteroatoms. The molecule has 1 fully saturated rings. The number of nitrogens with zero attached hydrogens (tertiary/aromatic N) is 3. The average molecular weight is 367 g/mol. The number of ether oxygens (including phenoxy) is 1. The maximum atomic E-state index is 12.1. The van der Waals surface area contributed by atoms with E-state index in [1.807, 2.05) is 6.92 Å². The van der Waals surface area contributed by atoms with Gasteiger partial charge >= 0.3 is 5.97 Å². The fourth-order valence-electron chi connectivity index (χ4n) is 2.19. The predicted molar refractivity (Wildman–Crippen MR) is 90.3 cm³/mol. The zero-order valence-electron chi connectivity index (χ0n) is 13.4. The molecule has 128 valence electrons. The monoisotopic (exact) mass is 367 g/mol. The Morgan fingerprint density at radius 1 is 1.46 bits per heavy atom. The van der Waals surface area contributed by atoms with Crippen LogP contribution in [0.5, 0.6) is 0 Å². The lowest BCUT2D eigenvalue weighted by atomic mass is 10.3. The van der Waals surface area contributed by atoms with Gasteiger partial charge in [0.1, 0.15) is 0 Å². The summed E-state index contributed by atoms with van der Waals surface area (Å²) in [6.07, 6.45) is 3.95. The summed E-state index contributed by atoms with van der Waals surface area (Å²) in [5.74, 6) is 0.297. The summed E-state index contributed by atoms with van der Waals surface area (Å²) < 4.78 is 10.6. The second-order valence-electron chi connectivity index (χ2n) is 5.25. The zero-order valence-corrected chi connectivity index (χ0v) is 15.0. The van der Waals surface area contributed by atoms with E-state index in [0.29, 0.717) is 17.3 Å². The molecule has 1 aliphatic carbocycles. The van der Waals surface area contributed by atoms with Crippen LogP contribution in [0.3, 0.4) is 0 Å². The Morgan fingerprint density at radius 2 is 2.25 bits per heavy atom. The molecule has 0 radical (unpaired) electrons. The third kappa shape index (κ3) is 3.62. The summed E-state index contributed by atoms with van der Waals surface area (Å²) >= 11 is 2.84. The number of methoxy groups -OCH3 is 1. The zero-order chi connectivity index (χ0) is 17.1. The largest absolute Gasteiger partial charge is 0.463 e. The minimum atomic E-state index is -0.498. The van der Waals surface area contributed by atoms with Crippen LogP contribution < -0.4 is 4.90 Å². The first-order valence-corrected chi connectivity index (χ1v) is 9.37. The Kier molecular flexibility index (Phi) is 5.20. The first-order valence-electron chi connectivity index (χ1n) is 7.57. The van der Waals surface area contributed by atoms with Gasteiger partial charge < -0.3 is 9.15 Å². The summed E-state index contributed by atoms with van der Waals surface area (Å²) in [6.45, 7) is 1.85. The summed E-state index contributed by atoms with van der Waals surface area (Å²) in [4.78, 5) is 25.5. The quantitative estimate of drug-likeness (QED) is 0.422. The maximum Gasteiger partial charge on any atom is 0.374 e. The van der Waals surface area contributed by atoms with Gasteiger partial charge in [-0.25, -0.2) is 4.79 Å². The smallest absolute Gasteiger partial charge is 0.374 e. The minimum Gasteiger partial charge on any atom is -0.463 e. The van der Waals surface area contributed by atoms with E-state index < -0.39 is 5.97 Å². The van der Waals surface area contributed by atoms with Crippen molar-refractivity contribution in [1.82, 2.24) is 10.2 Å². The molecule has 7 nitrogen and oxygen atoms in total. The molecule has 0 bridgehead atoms. The van der Waals surface area contributed by atoms with Crippen LogP contribution in [0.15, 0.2) is 21.1 Å². The van der Waals surface area contributed by atoms with Gasteiger partial charge in [0.2, 0.25) is 16.8 Å². The molecule has 0 N–H and O–H groups in total. The summed E-state index contributed by atoms with van der Waals surface area (Å²) in [6, 6.07) is 2.00. The molecule has 0 aromatic carbocycles. The fourth-order valence-corrected chi connectivity index (χ4v) is 4.10. The molecule has 0 atom stereocenters. The van der Waals surface area contributed by atoms with Crippen molar-refractivity contribution < 1.29 is 18.7 Å². The van der Waals surface area contributed by atoms with Gasteiger partial charge in [0.25, 0.3) is 0 Å². The Balaban J connectivity index is 1.67. The van der Waals surface area contributed by atoms with Crippen molar-refractivity contribution in [2.75, 3.05) is 12.0 Å². The van der Waals surface area contributed by atoms with Crippen LogP contribution in [-0.2, 0) is 15.3 Å². The number of furan rings is 1. The molecule has 3 rings (SSSR count). The van der Waals surface area contributed by atoms with E-state index >= 15 is 0 Å². The molecule has 0 spiro atoms. The van der Waals surface area contributed by atoms with Gasteiger partial charge in [0.05, 0.1) is 13.4 Å². The predicted octanol–water partition coefficient (Wildman–Crippen LogP) is 3.12. The Hall–Kier alpha value is -1.87. The number of amides is 1. The molecule has 1 aliphatic rings. The highest BCUT2D eigenvalue weighted by molar-refractivity contribution is 8.00. The van der Waals surface area contributed by atoms with Crippen LogP contribution in [-0.4, -0.2) is 35.2 Å². The highest BCUT2D eigenvalue weighted by Crippen LogP contribution is 2.37. The number of hydrogen-bond acceptors (Lipinski definition) is 8. The van der Waals surface area contributed by atoms with Crippen molar-refractivity contribution in [1.29, 1.82) is 0 Å². The lowest BCUT2D eigenvalue weighted by Crippen LogP contribution is -2.32. The van der Waals surface area contributed by atoms with Crippen molar-refractivity contribution in [3.63, 3.8) is 0 Å². The molecule has 2 aromatic heterocycles. The Labute approximate surface area is 147 Å². The normalized spacial score (nSPS) is 13.8. The number of rotatable bonds is 7. The van der Waals surface area contributed by atoms with Gasteiger partial charge in [-0.2, -0.15) is 0 Å². The molecule has 2 heterocycles. The summed E-state index contributed by atoms with van der Waals surface area (Å²) in [5.41, 5.74) is 0.743. The molecule has 0 unspecified atom stereocenters. The lowest BCUT2D eigenvalue weighted by molar-refractivity contribution is -0.118. The topological polar surface area (TPSA) is 85.5 Å². The van der Waals surface area contributed by atoms with Gasteiger partial charge in [0.15, 0.2) is 4.34 Å². The average Bonchev–Trinajstić information content (AvgIpc) is 3.12. The lowest BCUT2D eigenvalue weighted by Gasteiger charge is -2.17. The fraction of sp³-hybridized carbons (Fsp3) is 0.467. The van der Waals surface area contributed by atoms with Gasteiger partial charge in [-0.1, -0.05) is 30.0 Å². The van der Waals surface area contributed by atoms with E-state index in [1.54, 1.807) is 11.0 Å². The molecule has 0 aliphatic heterocycles. The number of carbonyl (C=O) groups is 2. The van der Waals surface area contributed by atoms with Crippen LogP contribution >= 0.6 is 23.1 Å². The van der Waals surface area contributed by atoms with Crippen molar-refractivity contribution in [2.45, 2.75) is 42.3 Å². The Morgan fingerprint density at radius 3 is 2.92 bits per heavy atom. The number of hydrogen-bond donors (Lipinski definition) is 0. The number of carbonyl (C=O) groups excluding carboxylic acids is 2. The highest BCUT2D eigenvalue weighted by atomic mass is 32.2. The number of aromatic nitrogens is 2. The van der Waals surface area contributed by atoms with E-state index in [0.717, 1.165) is 22.7 Å². The van der Waals surface area contributed by atoms with Crippen molar-refractivity contribution in [2.24, 2.45) is 0 Å². The first kappa shape index (κ1) is 17.0. The molecule has 1 amide bonds. The van der Waals surface area contributed by atoms with E-state index in [4.69, 9.17) is 4.42 Å². The molecule has 0 saturated heterocycles. The number of esters is 1. The third-order valence-electron chi connectivity index (χ3n) is 3.55. The van der Waals surface area contributed by atoms with Gasteiger partial charge in [-0.3, -0.25) is 9.69 Å². The van der Waals surface area contributed by atoms with E-state index in [9.17, 15) is 9.59 Å². The highest BCUT2D eigenvalue weighted by Gasteiger charge is 2.35. The number of thioether (sulfide) groups is 1. The van der Waals surface area contributed by atoms with Crippen LogP contribution in [0.25, 0.3) is 0 Å². The SMILES string of the molecule is CCC(=O)N(c1nnc(SCc2ccoc2C(=O)OC)s1)C1CC1. The molecule has 2 aromatic rings. The second-order valence-corrected chi connectivity index (χ2v) is 7.43. The van der Waals surface area contributed by atoms with E-state index in [2.05, 4.69) is 14.9 Å². The van der Waals surface area contributed by atoms with Gasteiger partial charge in [-0.05, 0) is 18.9 Å². The van der Waals surface area contributed by atoms with E-state index in [1.165, 1.54) is 36.5 Å². The minimum absolute atomic E-state index is 0.0769. The van der Waals surface area contributed by atoms with Crippen molar-refractivity contribution in [3.8, 4) is 0 Å². The Bertz CT molecular complexity index is 739. The van der Waals surface area contributed by atoms with Crippen LogP contribution in [0.2, 0.25) is 0 Å². The van der Waals surface area contributed by atoms with Crippen molar-refractivity contribution >= 4 is 40.1 Å². The van der Waals surface area contributed by atoms with Gasteiger partial charge in [0, 0.05) is 23.8 Å². The molecule has 1 saturated carbocycles. The number of anilines is 1.